The average molecular weight is 324 g/mol. The van der Waals surface area contributed by atoms with Crippen LogP contribution in [-0.2, 0) is 6.42 Å². The van der Waals surface area contributed by atoms with Crippen LogP contribution in [0.4, 0.5) is 11.5 Å². The summed E-state index contributed by atoms with van der Waals surface area (Å²) >= 11 is 0. The molecule has 1 aliphatic heterocycles. The zero-order chi connectivity index (χ0) is 16.8. The zero-order valence-electron chi connectivity index (χ0n) is 14.2. The zero-order valence-corrected chi connectivity index (χ0v) is 14.2. The van der Waals surface area contributed by atoms with Crippen LogP contribution in [0.15, 0.2) is 36.7 Å². The van der Waals surface area contributed by atoms with Gasteiger partial charge in [-0.05, 0) is 30.9 Å². The maximum Gasteiger partial charge on any atom is 0.270 e. The fourth-order valence-electron chi connectivity index (χ4n) is 3.06. The van der Waals surface area contributed by atoms with E-state index in [1.165, 1.54) is 17.6 Å². The van der Waals surface area contributed by atoms with E-state index in [9.17, 15) is 4.79 Å². The van der Waals surface area contributed by atoms with Crippen LogP contribution in [0, 0.1) is 0 Å². The van der Waals surface area contributed by atoms with Crippen LogP contribution in [0.2, 0.25) is 0 Å². The van der Waals surface area contributed by atoms with Crippen LogP contribution in [0.25, 0.3) is 0 Å². The number of anilines is 2. The minimum absolute atomic E-state index is 0.125. The summed E-state index contributed by atoms with van der Waals surface area (Å²) in [4.78, 5) is 23.0. The molecule has 2 aromatic rings. The molecule has 1 N–H and O–H groups in total. The Balaban J connectivity index is 1.75. The molecule has 0 radical (unpaired) electrons. The number of amides is 1. The first kappa shape index (κ1) is 16.4. The van der Waals surface area contributed by atoms with Gasteiger partial charge in [-0.1, -0.05) is 38.0 Å². The molecule has 126 valence electrons. The van der Waals surface area contributed by atoms with E-state index in [1.807, 2.05) is 6.07 Å². The summed E-state index contributed by atoms with van der Waals surface area (Å²) in [5.41, 5.74) is 2.93. The Morgan fingerprint density at radius 3 is 3.00 bits per heavy atom. The minimum Gasteiger partial charge on any atom is -0.351 e. The molecular weight excluding hydrogens is 300 g/mol. The predicted octanol–water partition coefficient (Wildman–Crippen LogP) is 3.48. The fourth-order valence-corrected chi connectivity index (χ4v) is 3.06. The Hall–Kier alpha value is -2.43. The molecular formula is C19H24N4O. The van der Waals surface area contributed by atoms with E-state index in [0.29, 0.717) is 12.2 Å². The number of hydrogen-bond acceptors (Lipinski definition) is 4. The van der Waals surface area contributed by atoms with Crippen molar-refractivity contribution in [2.75, 3.05) is 18.0 Å². The van der Waals surface area contributed by atoms with Gasteiger partial charge in [0.2, 0.25) is 0 Å². The number of carbonyl (C=O) groups is 1. The first-order valence-electron chi connectivity index (χ1n) is 8.75. The average Bonchev–Trinajstić information content (AvgIpc) is 2.64. The Kier molecular flexibility index (Phi) is 5.41. The molecule has 1 aromatic carbocycles. The largest absolute Gasteiger partial charge is 0.351 e. The molecule has 1 aliphatic rings. The number of para-hydroxylation sites is 1. The summed E-state index contributed by atoms with van der Waals surface area (Å²) in [5.74, 6) is 0.663. The molecule has 0 fully saturated rings. The standard InChI is InChI=1S/C19H24N4O/c1-2-3-6-11-20-19(24)16-13-18(22-14-21-16)23-12-7-9-15-8-4-5-10-17(15)23/h4-5,8,10,13-14H,2-3,6-7,9,11-12H2,1H3,(H,20,24). The van der Waals surface area contributed by atoms with Crippen molar-refractivity contribution in [1.82, 2.24) is 15.3 Å². The van der Waals surface area contributed by atoms with Gasteiger partial charge in [0.1, 0.15) is 17.8 Å². The molecule has 0 spiro atoms. The van der Waals surface area contributed by atoms with Crippen LogP contribution >= 0.6 is 0 Å². The summed E-state index contributed by atoms with van der Waals surface area (Å²) in [6.45, 7) is 3.75. The Morgan fingerprint density at radius 2 is 2.12 bits per heavy atom. The summed E-state index contributed by atoms with van der Waals surface area (Å²) in [7, 11) is 0. The third-order valence-corrected chi connectivity index (χ3v) is 4.34. The highest BCUT2D eigenvalue weighted by Gasteiger charge is 2.20. The van der Waals surface area contributed by atoms with E-state index in [-0.39, 0.29) is 5.91 Å². The Bertz CT molecular complexity index is 701. The molecule has 0 saturated heterocycles. The van der Waals surface area contributed by atoms with Crippen molar-refractivity contribution in [1.29, 1.82) is 0 Å². The number of rotatable bonds is 6. The number of benzene rings is 1. The van der Waals surface area contributed by atoms with Gasteiger partial charge >= 0.3 is 0 Å². The highest BCUT2D eigenvalue weighted by atomic mass is 16.1. The maximum atomic E-state index is 12.3. The lowest BCUT2D eigenvalue weighted by atomic mass is 10.0. The predicted molar refractivity (Wildman–Crippen MR) is 95.7 cm³/mol. The second-order valence-corrected chi connectivity index (χ2v) is 6.11. The van der Waals surface area contributed by atoms with E-state index >= 15 is 0 Å². The van der Waals surface area contributed by atoms with Crippen molar-refractivity contribution in [3.8, 4) is 0 Å². The lowest BCUT2D eigenvalue weighted by Crippen LogP contribution is -2.28. The van der Waals surface area contributed by atoms with Gasteiger partial charge in [0, 0.05) is 24.8 Å². The number of fused-ring (bicyclic) bond motifs is 1. The highest BCUT2D eigenvalue weighted by Crippen LogP contribution is 2.32. The summed E-state index contributed by atoms with van der Waals surface area (Å²) in [6, 6.07) is 10.2. The van der Waals surface area contributed by atoms with E-state index in [4.69, 9.17) is 0 Å². The Morgan fingerprint density at radius 1 is 1.25 bits per heavy atom. The van der Waals surface area contributed by atoms with E-state index in [2.05, 4.69) is 45.3 Å². The molecule has 0 bridgehead atoms. The molecule has 2 heterocycles. The molecule has 24 heavy (non-hydrogen) atoms. The van der Waals surface area contributed by atoms with E-state index in [0.717, 1.165) is 44.5 Å². The van der Waals surface area contributed by atoms with Crippen LogP contribution < -0.4 is 10.2 Å². The third kappa shape index (κ3) is 3.72. The third-order valence-electron chi connectivity index (χ3n) is 4.34. The van der Waals surface area contributed by atoms with Gasteiger partial charge < -0.3 is 10.2 Å². The number of hydrogen-bond donors (Lipinski definition) is 1. The second kappa shape index (κ2) is 7.90. The molecule has 1 amide bonds. The SMILES string of the molecule is CCCCCNC(=O)c1cc(N2CCCc3ccccc32)ncn1. The highest BCUT2D eigenvalue weighted by molar-refractivity contribution is 5.93. The Labute approximate surface area is 143 Å². The van der Waals surface area contributed by atoms with Crippen LogP contribution in [0.1, 0.15) is 48.7 Å². The van der Waals surface area contributed by atoms with E-state index in [1.54, 1.807) is 6.07 Å². The van der Waals surface area contributed by atoms with E-state index < -0.39 is 0 Å². The van der Waals surface area contributed by atoms with Gasteiger partial charge in [-0.15, -0.1) is 0 Å². The van der Waals surface area contributed by atoms with Gasteiger partial charge in [-0.25, -0.2) is 9.97 Å². The van der Waals surface area contributed by atoms with Crippen LogP contribution in [0.5, 0.6) is 0 Å². The van der Waals surface area contributed by atoms with Gasteiger partial charge in [0.25, 0.3) is 5.91 Å². The van der Waals surface area contributed by atoms with Crippen molar-refractivity contribution in [3.63, 3.8) is 0 Å². The number of nitrogens with zero attached hydrogens (tertiary/aromatic N) is 3. The van der Waals surface area contributed by atoms with Gasteiger partial charge in [0.05, 0.1) is 0 Å². The monoisotopic (exact) mass is 324 g/mol. The van der Waals surface area contributed by atoms with Crippen molar-refractivity contribution >= 4 is 17.4 Å². The van der Waals surface area contributed by atoms with Gasteiger partial charge in [0.15, 0.2) is 0 Å². The smallest absolute Gasteiger partial charge is 0.270 e. The number of aryl methyl sites for hydroxylation is 1. The number of aromatic nitrogens is 2. The molecule has 0 aliphatic carbocycles. The first-order chi connectivity index (χ1) is 11.8. The normalized spacial score (nSPS) is 13.5. The maximum absolute atomic E-state index is 12.3. The fraction of sp³-hybridized carbons (Fsp3) is 0.421. The first-order valence-corrected chi connectivity index (χ1v) is 8.75. The molecule has 3 rings (SSSR count). The lowest BCUT2D eigenvalue weighted by Gasteiger charge is -2.30. The van der Waals surface area contributed by atoms with Gasteiger partial charge in [-0.2, -0.15) is 0 Å². The molecule has 5 nitrogen and oxygen atoms in total. The van der Waals surface area contributed by atoms with Gasteiger partial charge in [-0.3, -0.25) is 4.79 Å². The summed E-state index contributed by atoms with van der Waals surface area (Å²) < 4.78 is 0. The summed E-state index contributed by atoms with van der Waals surface area (Å²) in [5, 5.41) is 2.94. The lowest BCUT2D eigenvalue weighted by molar-refractivity contribution is 0.0948. The number of unbranched alkanes of at least 4 members (excludes halogenated alkanes) is 2. The molecule has 1 aromatic heterocycles. The quantitative estimate of drug-likeness (QED) is 0.827. The van der Waals surface area contributed by atoms with Crippen molar-refractivity contribution in [3.05, 3.63) is 47.9 Å². The van der Waals surface area contributed by atoms with Crippen molar-refractivity contribution < 1.29 is 4.79 Å². The molecule has 5 heteroatoms. The van der Waals surface area contributed by atoms with Crippen molar-refractivity contribution in [2.45, 2.75) is 39.0 Å². The number of carbonyl (C=O) groups excluding carboxylic acids is 1. The number of nitrogens with one attached hydrogen (secondary N) is 1. The second-order valence-electron chi connectivity index (χ2n) is 6.11. The van der Waals surface area contributed by atoms with Crippen molar-refractivity contribution in [2.24, 2.45) is 0 Å². The molecule has 0 atom stereocenters. The minimum atomic E-state index is -0.125. The molecule has 0 saturated carbocycles. The topological polar surface area (TPSA) is 58.1 Å². The summed E-state index contributed by atoms with van der Waals surface area (Å²) in [6.07, 6.45) is 6.91. The molecule has 0 unspecified atom stereocenters. The van der Waals surface area contributed by atoms with Crippen LogP contribution in [-0.4, -0.2) is 29.0 Å². The van der Waals surface area contributed by atoms with Crippen LogP contribution in [0.3, 0.4) is 0 Å².